The van der Waals surface area contributed by atoms with Crippen LogP contribution in [0.3, 0.4) is 0 Å². The Morgan fingerprint density at radius 2 is 1.77 bits per heavy atom. The van der Waals surface area contributed by atoms with Crippen LogP contribution in [-0.4, -0.2) is 25.2 Å². The van der Waals surface area contributed by atoms with E-state index >= 15 is 0 Å². The van der Waals surface area contributed by atoms with Crippen molar-refractivity contribution in [3.63, 3.8) is 0 Å². The molecule has 0 N–H and O–H groups in total. The molecule has 0 aromatic carbocycles. The van der Waals surface area contributed by atoms with Gasteiger partial charge in [0.25, 0.3) is 0 Å². The second kappa shape index (κ2) is 5.49. The van der Waals surface area contributed by atoms with Crippen molar-refractivity contribution in [2.45, 2.75) is 32.0 Å². The normalized spacial score (nSPS) is 13.5. The number of hydrogen-bond acceptors (Lipinski definition) is 3. The lowest BCUT2D eigenvalue weighted by molar-refractivity contribution is -0.138. The predicted octanol–water partition coefficient (Wildman–Crippen LogP) is 3.16. The van der Waals surface area contributed by atoms with E-state index in [0.717, 1.165) is 6.07 Å². The average molecular weight is 331 g/mol. The van der Waals surface area contributed by atoms with Gasteiger partial charge in [-0.25, -0.2) is 0 Å². The van der Waals surface area contributed by atoms with E-state index in [-0.39, 0.29) is 5.69 Å². The summed E-state index contributed by atoms with van der Waals surface area (Å²) in [6.07, 6.45) is -2.90. The van der Waals surface area contributed by atoms with Crippen LogP contribution < -0.4 is 0 Å². The fourth-order valence-corrected chi connectivity index (χ4v) is 3.41. The topological polar surface area (TPSA) is 47.8 Å². The number of pyridine rings is 1. The molecule has 0 bridgehead atoms. The van der Waals surface area contributed by atoms with E-state index in [1.54, 1.807) is 20.9 Å². The van der Waals surface area contributed by atoms with Crippen LogP contribution in [0.1, 0.15) is 22.4 Å². The molecule has 0 saturated heterocycles. The smallest absolute Gasteiger partial charge is 0.259 e. The van der Waals surface area contributed by atoms with Crippen LogP contribution in [0, 0.1) is 20.8 Å². The summed E-state index contributed by atoms with van der Waals surface area (Å²) in [5.41, 5.74) is 1.04. The van der Waals surface area contributed by atoms with Crippen molar-refractivity contribution in [1.82, 2.24) is 14.8 Å². The standard InChI is InChI=1S/C14H16F3N3OS/c1-7-6-10(14(15,16)17)9(3)18-11(7)12-8(2)13(22(5)21)20(4)19-12/h6H,1-5H3. The van der Waals surface area contributed by atoms with Crippen molar-refractivity contribution in [2.24, 2.45) is 7.05 Å². The Balaban J connectivity index is 2.68. The number of aromatic nitrogens is 3. The Kier molecular flexibility index (Phi) is 4.16. The Morgan fingerprint density at radius 1 is 1.18 bits per heavy atom. The molecular weight excluding hydrogens is 315 g/mol. The summed E-state index contributed by atoms with van der Waals surface area (Å²) in [6.45, 7) is 4.63. The van der Waals surface area contributed by atoms with Gasteiger partial charge in [-0.2, -0.15) is 18.3 Å². The van der Waals surface area contributed by atoms with Crippen LogP contribution in [0.5, 0.6) is 0 Å². The number of alkyl halides is 3. The molecule has 0 aliphatic carbocycles. The molecule has 120 valence electrons. The largest absolute Gasteiger partial charge is 0.418 e. The van der Waals surface area contributed by atoms with Gasteiger partial charge in [-0.15, -0.1) is 0 Å². The van der Waals surface area contributed by atoms with Gasteiger partial charge in [0.2, 0.25) is 0 Å². The lowest BCUT2D eigenvalue weighted by Gasteiger charge is -2.13. The van der Waals surface area contributed by atoms with Gasteiger partial charge in [0.15, 0.2) is 0 Å². The van der Waals surface area contributed by atoms with E-state index in [4.69, 9.17) is 0 Å². The van der Waals surface area contributed by atoms with Crippen molar-refractivity contribution in [1.29, 1.82) is 0 Å². The molecule has 2 aromatic heterocycles. The maximum Gasteiger partial charge on any atom is 0.418 e. The van der Waals surface area contributed by atoms with Crippen molar-refractivity contribution >= 4 is 10.8 Å². The molecule has 0 radical (unpaired) electrons. The van der Waals surface area contributed by atoms with Crippen LogP contribution in [0.2, 0.25) is 0 Å². The predicted molar refractivity (Wildman–Crippen MR) is 78.0 cm³/mol. The van der Waals surface area contributed by atoms with Gasteiger partial charge in [-0.3, -0.25) is 13.9 Å². The van der Waals surface area contributed by atoms with Crippen molar-refractivity contribution in [3.05, 3.63) is 28.5 Å². The van der Waals surface area contributed by atoms with E-state index < -0.39 is 22.5 Å². The Hall–Kier alpha value is -1.70. The second-order valence-corrected chi connectivity index (χ2v) is 6.44. The Morgan fingerprint density at radius 3 is 2.23 bits per heavy atom. The molecule has 0 spiro atoms. The van der Waals surface area contributed by atoms with Gasteiger partial charge in [0, 0.05) is 18.9 Å². The summed E-state index contributed by atoms with van der Waals surface area (Å²) in [5, 5.41) is 4.81. The zero-order valence-electron chi connectivity index (χ0n) is 12.9. The minimum atomic E-state index is -4.43. The van der Waals surface area contributed by atoms with E-state index in [1.807, 2.05) is 0 Å². The molecule has 0 aliphatic rings. The maximum atomic E-state index is 12.9. The van der Waals surface area contributed by atoms with Gasteiger partial charge < -0.3 is 0 Å². The Bertz CT molecular complexity index is 766. The molecule has 22 heavy (non-hydrogen) atoms. The minimum absolute atomic E-state index is 0.0997. The number of halogens is 3. The first-order valence-electron chi connectivity index (χ1n) is 6.46. The van der Waals surface area contributed by atoms with E-state index in [0.29, 0.717) is 27.5 Å². The lowest BCUT2D eigenvalue weighted by Crippen LogP contribution is -2.10. The molecule has 0 saturated carbocycles. The fraction of sp³-hybridized carbons (Fsp3) is 0.429. The minimum Gasteiger partial charge on any atom is -0.259 e. The molecule has 4 nitrogen and oxygen atoms in total. The molecule has 2 heterocycles. The summed E-state index contributed by atoms with van der Waals surface area (Å²) >= 11 is 0. The van der Waals surface area contributed by atoms with Gasteiger partial charge >= 0.3 is 6.18 Å². The lowest BCUT2D eigenvalue weighted by atomic mass is 10.1. The summed E-state index contributed by atoms with van der Waals surface area (Å²) in [5.74, 6) is 0. The van der Waals surface area contributed by atoms with Gasteiger partial charge in [0.1, 0.15) is 10.7 Å². The van der Waals surface area contributed by atoms with Crippen LogP contribution >= 0.6 is 0 Å². The monoisotopic (exact) mass is 331 g/mol. The van der Waals surface area contributed by atoms with E-state index in [9.17, 15) is 17.4 Å². The van der Waals surface area contributed by atoms with Gasteiger partial charge in [0.05, 0.1) is 27.8 Å². The third kappa shape index (κ3) is 2.79. The summed E-state index contributed by atoms with van der Waals surface area (Å²) in [6, 6.07) is 1.08. The van der Waals surface area contributed by atoms with Crippen LogP contribution in [-0.2, 0) is 24.0 Å². The summed E-state index contributed by atoms with van der Waals surface area (Å²) in [7, 11) is 0.410. The SMILES string of the molecule is Cc1cc(C(F)(F)F)c(C)nc1-c1nn(C)c(S(C)=O)c1C. The first-order chi connectivity index (χ1) is 10.0. The molecule has 2 rings (SSSR count). The highest BCUT2D eigenvalue weighted by Gasteiger charge is 2.34. The highest BCUT2D eigenvalue weighted by molar-refractivity contribution is 7.84. The molecule has 2 aromatic rings. The third-order valence-corrected chi connectivity index (χ3v) is 4.54. The van der Waals surface area contributed by atoms with Crippen LogP contribution in [0.4, 0.5) is 13.2 Å². The molecule has 1 atom stereocenters. The average Bonchev–Trinajstić information content (AvgIpc) is 2.65. The quantitative estimate of drug-likeness (QED) is 0.849. The van der Waals surface area contributed by atoms with E-state index in [1.165, 1.54) is 17.9 Å². The highest BCUT2D eigenvalue weighted by atomic mass is 32.2. The van der Waals surface area contributed by atoms with Gasteiger partial charge in [-0.1, -0.05) is 0 Å². The van der Waals surface area contributed by atoms with Crippen LogP contribution in [0.25, 0.3) is 11.4 Å². The molecule has 0 amide bonds. The molecule has 0 fully saturated rings. The number of nitrogens with zero attached hydrogens (tertiary/aromatic N) is 3. The summed E-state index contributed by atoms with van der Waals surface area (Å²) < 4.78 is 52.0. The highest BCUT2D eigenvalue weighted by Crippen LogP contribution is 2.35. The first-order valence-corrected chi connectivity index (χ1v) is 8.02. The number of hydrogen-bond donors (Lipinski definition) is 0. The van der Waals surface area contributed by atoms with Crippen molar-refractivity contribution < 1.29 is 17.4 Å². The zero-order chi connectivity index (χ0) is 16.8. The molecular formula is C14H16F3N3OS. The maximum absolute atomic E-state index is 12.9. The zero-order valence-corrected chi connectivity index (χ0v) is 13.7. The van der Waals surface area contributed by atoms with Crippen LogP contribution in [0.15, 0.2) is 11.1 Å². The number of aryl methyl sites for hydroxylation is 3. The molecule has 8 heteroatoms. The fourth-order valence-electron chi connectivity index (χ4n) is 2.47. The van der Waals surface area contributed by atoms with Crippen molar-refractivity contribution in [3.8, 4) is 11.4 Å². The summed E-state index contributed by atoms with van der Waals surface area (Å²) in [4.78, 5) is 4.09. The Labute approximate surface area is 128 Å². The number of rotatable bonds is 2. The molecule has 0 aliphatic heterocycles. The second-order valence-electron chi connectivity index (χ2n) is 5.14. The van der Waals surface area contributed by atoms with Gasteiger partial charge in [-0.05, 0) is 32.4 Å². The molecule has 1 unspecified atom stereocenters. The first kappa shape index (κ1) is 16.7. The third-order valence-electron chi connectivity index (χ3n) is 3.43. The van der Waals surface area contributed by atoms with Crippen molar-refractivity contribution in [2.75, 3.05) is 6.26 Å². The van der Waals surface area contributed by atoms with E-state index in [2.05, 4.69) is 10.1 Å².